The largest absolute Gasteiger partial charge is 0.346 e. The van der Waals surface area contributed by atoms with E-state index < -0.39 is 32.7 Å². The Balaban J connectivity index is 1.64. The number of benzene rings is 1. The zero-order chi connectivity index (χ0) is 20.9. The summed E-state index contributed by atoms with van der Waals surface area (Å²) in [6, 6.07) is 12.1. The van der Waals surface area contributed by atoms with Gasteiger partial charge in [-0.2, -0.15) is 0 Å². The van der Waals surface area contributed by atoms with Gasteiger partial charge in [0.1, 0.15) is 15.3 Å². The molecule has 3 aromatic rings. The van der Waals surface area contributed by atoms with Crippen LogP contribution in [0.4, 0.5) is 4.39 Å². The predicted molar refractivity (Wildman–Crippen MR) is 110 cm³/mol. The third-order valence-electron chi connectivity index (χ3n) is 4.03. The van der Waals surface area contributed by atoms with E-state index >= 15 is 0 Å². The Labute approximate surface area is 175 Å². The topological polar surface area (TPSA) is 92.3 Å². The van der Waals surface area contributed by atoms with Crippen molar-refractivity contribution in [2.75, 3.05) is 6.54 Å². The van der Waals surface area contributed by atoms with Crippen LogP contribution in [0.5, 0.6) is 0 Å². The van der Waals surface area contributed by atoms with Crippen molar-refractivity contribution in [2.24, 2.45) is 0 Å². The third-order valence-corrected chi connectivity index (χ3v) is 8.68. The monoisotopic (exact) mass is 452 g/mol. The number of rotatable bonds is 7. The van der Waals surface area contributed by atoms with Crippen LogP contribution in [0.15, 0.2) is 63.5 Å². The highest BCUT2D eigenvalue weighted by Crippen LogP contribution is 2.33. The summed E-state index contributed by atoms with van der Waals surface area (Å²) in [7, 11) is -3.71. The summed E-state index contributed by atoms with van der Waals surface area (Å²) >= 11 is 2.37. The summed E-state index contributed by atoms with van der Waals surface area (Å²) in [5.41, 5.74) is 0.629. The molecule has 1 aromatic carbocycles. The van der Waals surface area contributed by atoms with Crippen LogP contribution in [0, 0.1) is 5.82 Å². The minimum absolute atomic E-state index is 0.0500. The number of thiophene rings is 2. The second-order valence-corrected chi connectivity index (χ2v) is 10.3. The van der Waals surface area contributed by atoms with E-state index in [1.54, 1.807) is 29.0 Å². The number of halogens is 1. The first-order valence-electron chi connectivity index (χ1n) is 8.49. The van der Waals surface area contributed by atoms with Gasteiger partial charge in [-0.1, -0.05) is 24.3 Å². The molecule has 0 saturated heterocycles. The normalized spacial score (nSPS) is 12.3. The van der Waals surface area contributed by atoms with Gasteiger partial charge in [-0.3, -0.25) is 9.59 Å². The van der Waals surface area contributed by atoms with E-state index in [1.807, 2.05) is 0 Å². The molecule has 0 aliphatic rings. The van der Waals surface area contributed by atoms with E-state index in [2.05, 4.69) is 10.6 Å². The van der Waals surface area contributed by atoms with E-state index in [-0.39, 0.29) is 17.3 Å². The number of nitrogens with one attached hydrogen (secondary N) is 2. The Bertz CT molecular complexity index is 1060. The van der Waals surface area contributed by atoms with Gasteiger partial charge in [0, 0.05) is 18.0 Å². The van der Waals surface area contributed by atoms with Crippen molar-refractivity contribution in [3.8, 4) is 0 Å². The summed E-state index contributed by atoms with van der Waals surface area (Å²) in [5, 5.41) is 7.26. The highest BCUT2D eigenvalue weighted by molar-refractivity contribution is 7.93. The highest BCUT2D eigenvalue weighted by atomic mass is 32.2. The molecule has 10 heteroatoms. The lowest BCUT2D eigenvalue weighted by molar-refractivity contribution is -0.139. The van der Waals surface area contributed by atoms with Gasteiger partial charge in [0.2, 0.25) is 0 Å². The molecule has 0 fully saturated rings. The van der Waals surface area contributed by atoms with Crippen LogP contribution in [-0.2, 0) is 26.0 Å². The third kappa shape index (κ3) is 5.28. The fourth-order valence-corrected chi connectivity index (χ4v) is 6.52. The number of hydrogen-bond acceptors (Lipinski definition) is 6. The van der Waals surface area contributed by atoms with Crippen molar-refractivity contribution >= 4 is 44.3 Å². The van der Waals surface area contributed by atoms with Crippen LogP contribution in [0.3, 0.4) is 0 Å². The summed E-state index contributed by atoms with van der Waals surface area (Å²) in [6.07, 6.45) is 0. The molecule has 0 radical (unpaired) electrons. The van der Waals surface area contributed by atoms with Gasteiger partial charge in [0.25, 0.3) is 0 Å². The zero-order valence-electron chi connectivity index (χ0n) is 15.0. The molecule has 2 amide bonds. The van der Waals surface area contributed by atoms with E-state index in [1.165, 1.54) is 41.7 Å². The van der Waals surface area contributed by atoms with Crippen LogP contribution in [0.1, 0.15) is 15.7 Å². The number of carbonyl (C=O) groups excluding carboxylic acids is 2. The Morgan fingerprint density at radius 1 is 0.931 bits per heavy atom. The Morgan fingerprint density at radius 2 is 1.59 bits per heavy atom. The molecule has 3 rings (SSSR count). The van der Waals surface area contributed by atoms with Crippen LogP contribution in [-0.4, -0.2) is 26.8 Å². The quantitative estimate of drug-likeness (QED) is 0.539. The van der Waals surface area contributed by atoms with Crippen molar-refractivity contribution in [2.45, 2.75) is 16.0 Å². The van der Waals surface area contributed by atoms with Crippen molar-refractivity contribution < 1.29 is 22.4 Å². The van der Waals surface area contributed by atoms with E-state index in [0.717, 1.165) is 11.3 Å². The van der Waals surface area contributed by atoms with Gasteiger partial charge < -0.3 is 10.6 Å². The first-order valence-corrected chi connectivity index (χ1v) is 11.8. The average Bonchev–Trinajstić information content (AvgIpc) is 3.41. The first kappa shape index (κ1) is 21.2. The van der Waals surface area contributed by atoms with Crippen LogP contribution in [0.2, 0.25) is 0 Å². The fourth-order valence-electron chi connectivity index (χ4n) is 2.53. The van der Waals surface area contributed by atoms with Gasteiger partial charge in [-0.15, -0.1) is 22.7 Å². The van der Waals surface area contributed by atoms with Crippen LogP contribution < -0.4 is 10.6 Å². The Morgan fingerprint density at radius 3 is 2.21 bits per heavy atom. The summed E-state index contributed by atoms with van der Waals surface area (Å²) in [6.45, 7) is -0.183. The maximum absolute atomic E-state index is 12.9. The number of sulfone groups is 1. The summed E-state index contributed by atoms with van der Waals surface area (Å²) in [5.74, 6) is -2.23. The molecule has 0 spiro atoms. The van der Waals surface area contributed by atoms with Gasteiger partial charge in [0.15, 0.2) is 9.84 Å². The minimum Gasteiger partial charge on any atom is -0.346 e. The maximum Gasteiger partial charge on any atom is 0.309 e. The average molecular weight is 453 g/mol. The van der Waals surface area contributed by atoms with Gasteiger partial charge in [0.05, 0.1) is 0 Å². The number of amides is 2. The molecule has 6 nitrogen and oxygen atoms in total. The van der Waals surface area contributed by atoms with E-state index in [9.17, 15) is 22.4 Å². The molecule has 2 aromatic heterocycles. The first-order chi connectivity index (χ1) is 13.9. The molecular formula is C19H17FN2O4S3. The van der Waals surface area contributed by atoms with Gasteiger partial charge in [-0.25, -0.2) is 12.8 Å². The van der Waals surface area contributed by atoms with E-state index in [0.29, 0.717) is 10.4 Å². The summed E-state index contributed by atoms with van der Waals surface area (Å²) in [4.78, 5) is 24.7. The van der Waals surface area contributed by atoms with Crippen molar-refractivity contribution in [1.29, 1.82) is 0 Å². The standard InChI is InChI=1S/C19H17FN2O4S3/c20-14-7-5-13(6-8-14)11-21-18(23)19(24)22-12-16(15-3-1-9-27-15)29(25,26)17-4-2-10-28-17/h1-10,16H,11-12H2,(H,21,23)(H,22,24)/t16-/m0/s1. The maximum atomic E-state index is 12.9. The molecule has 2 heterocycles. The molecule has 152 valence electrons. The van der Waals surface area contributed by atoms with Crippen molar-refractivity contribution in [3.63, 3.8) is 0 Å². The number of hydrogen-bond donors (Lipinski definition) is 2. The lowest BCUT2D eigenvalue weighted by Crippen LogP contribution is -2.41. The minimum atomic E-state index is -3.71. The molecule has 0 bridgehead atoms. The van der Waals surface area contributed by atoms with Crippen LogP contribution in [0.25, 0.3) is 0 Å². The molecule has 29 heavy (non-hydrogen) atoms. The summed E-state index contributed by atoms with van der Waals surface area (Å²) < 4.78 is 39.0. The molecule has 0 unspecified atom stereocenters. The second kappa shape index (κ2) is 9.29. The lowest BCUT2D eigenvalue weighted by atomic mass is 10.2. The molecule has 0 aliphatic carbocycles. The Hall–Kier alpha value is -2.56. The smallest absolute Gasteiger partial charge is 0.309 e. The van der Waals surface area contributed by atoms with Crippen molar-refractivity contribution in [3.05, 3.63) is 75.5 Å². The molecule has 1 atom stereocenters. The van der Waals surface area contributed by atoms with Crippen molar-refractivity contribution in [1.82, 2.24) is 10.6 Å². The molecular weight excluding hydrogens is 435 g/mol. The fraction of sp³-hybridized carbons (Fsp3) is 0.158. The van der Waals surface area contributed by atoms with Gasteiger partial charge in [-0.05, 0) is 40.6 Å². The zero-order valence-corrected chi connectivity index (χ0v) is 17.5. The predicted octanol–water partition coefficient (Wildman–Crippen LogP) is 2.90. The second-order valence-electron chi connectivity index (χ2n) is 6.00. The molecule has 2 N–H and O–H groups in total. The van der Waals surface area contributed by atoms with Crippen LogP contribution >= 0.6 is 22.7 Å². The van der Waals surface area contributed by atoms with E-state index in [4.69, 9.17) is 0 Å². The highest BCUT2D eigenvalue weighted by Gasteiger charge is 2.31. The Kier molecular flexibility index (Phi) is 6.78. The lowest BCUT2D eigenvalue weighted by Gasteiger charge is -2.16. The SMILES string of the molecule is O=C(NCc1ccc(F)cc1)C(=O)NC[C@@H](c1cccs1)S(=O)(=O)c1cccs1. The number of carbonyl (C=O) groups is 2. The van der Waals surface area contributed by atoms with Gasteiger partial charge >= 0.3 is 11.8 Å². The molecule has 0 aliphatic heterocycles. The molecule has 0 saturated carbocycles.